The molecule has 0 amide bonds. The van der Waals surface area contributed by atoms with Crippen molar-refractivity contribution in [3.63, 3.8) is 0 Å². The van der Waals surface area contributed by atoms with Crippen molar-refractivity contribution in [2.24, 2.45) is 0 Å². The van der Waals surface area contributed by atoms with E-state index in [0.717, 1.165) is 51.9 Å². The van der Waals surface area contributed by atoms with Gasteiger partial charge in [0.15, 0.2) is 0 Å². The molecule has 1 aliphatic heterocycles. The van der Waals surface area contributed by atoms with Crippen molar-refractivity contribution in [2.45, 2.75) is 32.8 Å². The fourth-order valence-corrected chi connectivity index (χ4v) is 3.73. The number of aromatic nitrogens is 1. The summed E-state index contributed by atoms with van der Waals surface area (Å²) in [7, 11) is 1.68. The molecule has 2 heterocycles. The van der Waals surface area contributed by atoms with Crippen LogP contribution in [0.2, 0.25) is 0 Å². The summed E-state index contributed by atoms with van der Waals surface area (Å²) in [5.74, 6) is 0.354. The largest absolute Gasteiger partial charge is 0.507 e. The molecule has 1 unspecified atom stereocenters. The molecule has 1 N–H and O–H groups in total. The third-order valence-electron chi connectivity index (χ3n) is 5.20. The van der Waals surface area contributed by atoms with E-state index < -0.39 is 0 Å². The van der Waals surface area contributed by atoms with Crippen molar-refractivity contribution in [1.82, 2.24) is 4.98 Å². The highest BCUT2D eigenvalue weighted by Gasteiger charge is 2.22. The van der Waals surface area contributed by atoms with E-state index in [2.05, 4.69) is 23.7 Å². The Kier molecular flexibility index (Phi) is 7.02. The molecule has 4 nitrogen and oxygen atoms in total. The minimum absolute atomic E-state index is 0.0213. The Hall–Kier alpha value is -2.69. The zero-order valence-electron chi connectivity index (χ0n) is 17.4. The molecule has 0 saturated heterocycles. The third-order valence-corrected chi connectivity index (χ3v) is 5.20. The van der Waals surface area contributed by atoms with Crippen LogP contribution in [0.5, 0.6) is 5.75 Å². The lowest BCUT2D eigenvalue weighted by Gasteiger charge is -2.17. The number of hydrogen-bond donors (Lipinski definition) is 1. The molecule has 29 heavy (non-hydrogen) atoms. The molecule has 1 aromatic carbocycles. The summed E-state index contributed by atoms with van der Waals surface area (Å²) in [6.45, 7) is 9.10. The highest BCUT2D eigenvalue weighted by Crippen LogP contribution is 2.31. The van der Waals surface area contributed by atoms with E-state index in [1.165, 1.54) is 0 Å². The Labute approximate surface area is 173 Å². The number of nitrogens with zero attached hydrogens (tertiary/aromatic N) is 1. The average Bonchev–Trinajstić information content (AvgIpc) is 3.19. The Bertz CT molecular complexity index is 905. The van der Waals surface area contributed by atoms with Crippen molar-refractivity contribution < 1.29 is 14.6 Å². The lowest BCUT2D eigenvalue weighted by atomic mass is 9.94. The predicted molar refractivity (Wildman–Crippen MR) is 118 cm³/mol. The number of hydrogen-bond acceptors (Lipinski definition) is 4. The van der Waals surface area contributed by atoms with Crippen LogP contribution in [0.25, 0.3) is 11.6 Å². The molecule has 1 atom stereocenters. The number of benzene rings is 1. The molecule has 1 aromatic heterocycles. The number of aryl methyl sites for hydroxylation is 2. The zero-order chi connectivity index (χ0) is 20.8. The van der Waals surface area contributed by atoms with Crippen molar-refractivity contribution in [1.29, 1.82) is 0 Å². The van der Waals surface area contributed by atoms with Gasteiger partial charge in [0, 0.05) is 13.3 Å². The van der Waals surface area contributed by atoms with Crippen LogP contribution in [0.4, 0.5) is 0 Å². The van der Waals surface area contributed by atoms with Gasteiger partial charge in [-0.15, -0.1) is 0 Å². The molecule has 152 valence electrons. The molecule has 0 radical (unpaired) electrons. The second kappa shape index (κ2) is 9.68. The van der Waals surface area contributed by atoms with Crippen LogP contribution in [0.3, 0.4) is 0 Å². The van der Waals surface area contributed by atoms with Crippen LogP contribution >= 0.6 is 0 Å². The summed E-state index contributed by atoms with van der Waals surface area (Å²) < 4.78 is 11.2. The maximum atomic E-state index is 10.1. The van der Waals surface area contributed by atoms with Gasteiger partial charge in [-0.3, -0.25) is 4.98 Å². The van der Waals surface area contributed by atoms with Crippen molar-refractivity contribution in [3.05, 3.63) is 82.7 Å². The average molecular weight is 392 g/mol. The second-order valence-electron chi connectivity index (χ2n) is 7.44. The van der Waals surface area contributed by atoms with Gasteiger partial charge in [0.2, 0.25) is 0 Å². The van der Waals surface area contributed by atoms with Crippen LogP contribution < -0.4 is 0 Å². The number of aromatic hydroxyl groups is 1. The van der Waals surface area contributed by atoms with Crippen LogP contribution in [0.1, 0.15) is 35.2 Å². The van der Waals surface area contributed by atoms with Gasteiger partial charge in [0.25, 0.3) is 0 Å². The van der Waals surface area contributed by atoms with Crippen molar-refractivity contribution >= 4 is 11.6 Å². The van der Waals surface area contributed by atoms with Gasteiger partial charge in [-0.25, -0.2) is 0 Å². The molecule has 1 aliphatic rings. The Morgan fingerprint density at radius 3 is 2.72 bits per heavy atom. The van der Waals surface area contributed by atoms with Crippen molar-refractivity contribution in [3.8, 4) is 5.75 Å². The first-order valence-electron chi connectivity index (χ1n) is 9.90. The zero-order valence-corrected chi connectivity index (χ0v) is 17.4. The summed E-state index contributed by atoms with van der Waals surface area (Å²) in [6, 6.07) is 9.96. The van der Waals surface area contributed by atoms with E-state index in [9.17, 15) is 5.11 Å². The van der Waals surface area contributed by atoms with E-state index in [-0.39, 0.29) is 6.10 Å². The van der Waals surface area contributed by atoms with Gasteiger partial charge in [-0.05, 0) is 90.4 Å². The summed E-state index contributed by atoms with van der Waals surface area (Å²) in [4.78, 5) is 4.56. The first-order chi connectivity index (χ1) is 14.0. The van der Waals surface area contributed by atoms with Gasteiger partial charge < -0.3 is 14.6 Å². The van der Waals surface area contributed by atoms with Crippen molar-refractivity contribution in [2.75, 3.05) is 20.3 Å². The molecule has 0 spiro atoms. The Balaban J connectivity index is 1.84. The highest BCUT2D eigenvalue weighted by molar-refractivity contribution is 5.80. The predicted octanol–water partition coefficient (Wildman–Crippen LogP) is 5.25. The maximum Gasteiger partial charge on any atom is 0.121 e. The SMILES string of the molecule is C=C(COC)C1=CCOC1CC/C(=C/c1cc(C)c(O)c(C)c1)c1ccccn1. The molecular formula is C25H29NO3. The fraction of sp³-hybridized carbons (Fsp3) is 0.320. The lowest BCUT2D eigenvalue weighted by molar-refractivity contribution is 0.116. The first kappa shape index (κ1) is 21.0. The number of pyridine rings is 1. The molecule has 0 aliphatic carbocycles. The number of ether oxygens (including phenoxy) is 2. The number of phenols is 1. The van der Waals surface area contributed by atoms with E-state index in [1.807, 2.05) is 50.4 Å². The molecule has 0 fully saturated rings. The summed E-state index contributed by atoms with van der Waals surface area (Å²) in [5.41, 5.74) is 7.02. The third kappa shape index (κ3) is 5.22. The number of rotatable bonds is 8. The smallest absolute Gasteiger partial charge is 0.121 e. The quantitative estimate of drug-likeness (QED) is 0.667. The first-order valence-corrected chi connectivity index (χ1v) is 9.90. The minimum atomic E-state index is 0.0213. The second-order valence-corrected chi connectivity index (χ2v) is 7.44. The normalized spacial score (nSPS) is 16.7. The highest BCUT2D eigenvalue weighted by atomic mass is 16.5. The topological polar surface area (TPSA) is 51.6 Å². The number of allylic oxidation sites excluding steroid dienone is 1. The molecule has 4 heteroatoms. The molecular weight excluding hydrogens is 362 g/mol. The van der Waals surface area contributed by atoms with Crippen LogP contribution in [0, 0.1) is 13.8 Å². The van der Waals surface area contributed by atoms with E-state index in [0.29, 0.717) is 19.0 Å². The van der Waals surface area contributed by atoms with E-state index in [1.54, 1.807) is 7.11 Å². The standard InChI is InChI=1S/C25H29NO3/c1-17-13-20(14-18(2)25(17)27)15-21(23-7-5-6-11-26-23)8-9-24-22(10-12-29-24)19(3)16-28-4/h5-7,10-11,13-15,24,27H,3,8-9,12,16H2,1-2,4H3/b21-15-. The fourth-order valence-electron chi connectivity index (χ4n) is 3.73. The number of methoxy groups -OCH3 is 1. The van der Waals surface area contributed by atoms with Crippen LogP contribution in [0.15, 0.2) is 60.3 Å². The van der Waals surface area contributed by atoms with Gasteiger partial charge in [-0.1, -0.05) is 18.7 Å². The van der Waals surface area contributed by atoms with Crippen LogP contribution in [-0.4, -0.2) is 36.5 Å². The molecule has 0 saturated carbocycles. The Morgan fingerprint density at radius 1 is 1.31 bits per heavy atom. The van der Waals surface area contributed by atoms with Gasteiger partial charge in [0.05, 0.1) is 25.0 Å². The monoisotopic (exact) mass is 391 g/mol. The van der Waals surface area contributed by atoms with Crippen LogP contribution in [-0.2, 0) is 9.47 Å². The molecule has 2 aromatic rings. The van der Waals surface area contributed by atoms with Gasteiger partial charge in [-0.2, -0.15) is 0 Å². The van der Waals surface area contributed by atoms with E-state index in [4.69, 9.17) is 9.47 Å². The van der Waals surface area contributed by atoms with Gasteiger partial charge in [0.1, 0.15) is 5.75 Å². The lowest BCUT2D eigenvalue weighted by Crippen LogP contribution is -2.13. The summed E-state index contributed by atoms with van der Waals surface area (Å²) >= 11 is 0. The summed E-state index contributed by atoms with van der Waals surface area (Å²) in [6.07, 6.45) is 7.75. The molecule has 0 bridgehead atoms. The minimum Gasteiger partial charge on any atom is -0.507 e. The number of phenolic OH excluding ortho intramolecular Hbond substituents is 1. The van der Waals surface area contributed by atoms with E-state index >= 15 is 0 Å². The Morgan fingerprint density at radius 2 is 2.07 bits per heavy atom. The maximum absolute atomic E-state index is 10.1. The van der Waals surface area contributed by atoms with Gasteiger partial charge >= 0.3 is 0 Å². The summed E-state index contributed by atoms with van der Waals surface area (Å²) in [5, 5.41) is 10.1. The molecule has 3 rings (SSSR count).